The molecule has 0 saturated carbocycles. The molecule has 5 aliphatic rings. The summed E-state index contributed by atoms with van der Waals surface area (Å²) in [5.74, 6) is -3.12. The van der Waals surface area contributed by atoms with Crippen molar-refractivity contribution < 1.29 is 58.2 Å². The van der Waals surface area contributed by atoms with Crippen LogP contribution in [0.4, 0.5) is 4.79 Å². The summed E-state index contributed by atoms with van der Waals surface area (Å²) in [4.78, 5) is 62.0. The number of carbonyl (C=O) groups is 4. The molecule has 15 nitrogen and oxygen atoms in total. The van der Waals surface area contributed by atoms with Gasteiger partial charge in [-0.15, -0.1) is 11.3 Å². The van der Waals surface area contributed by atoms with Crippen LogP contribution in [0.15, 0.2) is 29.9 Å². The molecule has 1 unspecified atom stereocenters. The lowest BCUT2D eigenvalue weighted by molar-refractivity contribution is -0.247. The van der Waals surface area contributed by atoms with Crippen molar-refractivity contribution in [3.05, 3.63) is 68.2 Å². The molecular weight excluding hydrogens is 698 g/mol. The zero-order valence-electron chi connectivity index (χ0n) is 28.6. The maximum absolute atomic E-state index is 14.0. The molecule has 4 heterocycles. The summed E-state index contributed by atoms with van der Waals surface area (Å²) in [6.07, 6.45) is -2.64. The Balaban J connectivity index is 1.07. The van der Waals surface area contributed by atoms with Crippen LogP contribution in [0.3, 0.4) is 0 Å². The van der Waals surface area contributed by atoms with Gasteiger partial charge in [-0.05, 0) is 19.9 Å². The van der Waals surface area contributed by atoms with Crippen molar-refractivity contribution in [2.75, 3.05) is 26.7 Å². The van der Waals surface area contributed by atoms with E-state index in [1.54, 1.807) is 16.6 Å². The maximum Gasteiger partial charge on any atom is 0.410 e. The Morgan fingerprint density at radius 2 is 1.88 bits per heavy atom. The first kappa shape index (κ1) is 34.6. The second kappa shape index (κ2) is 12.9. The standard InChI is InChI=1S/C36H37N3O12S/c1-16-34-21(39-8-7-38(13-24(39)51-34)35(45)48-14-18-12-37-15-52-18)9-25(49-16)50-23-11-36(46,17(2)40)10-20-27(23)33(44)29-28(31(20)42)30(41)19-5-4-6-22(47-3)26(19)32(29)43/h4-6,12,15-16,21,23-25,34,42,44,46H,7-11,13-14H2,1-3H3/t16-,21-,23-,24?,25-,34+,36-/m0/s1. The number of fused-ring (bicyclic) bond motifs is 6. The van der Waals surface area contributed by atoms with Crippen molar-refractivity contribution in [1.29, 1.82) is 0 Å². The monoisotopic (exact) mass is 735 g/mol. The molecule has 16 heteroatoms. The topological polar surface area (TPSA) is 194 Å². The molecule has 7 atom stereocenters. The third kappa shape index (κ3) is 5.47. The van der Waals surface area contributed by atoms with Crippen LogP contribution in [0.5, 0.6) is 17.2 Å². The number of rotatable bonds is 6. The van der Waals surface area contributed by atoms with E-state index in [4.69, 9.17) is 23.7 Å². The Kier molecular flexibility index (Phi) is 8.59. The summed E-state index contributed by atoms with van der Waals surface area (Å²) in [5.41, 5.74) is -1.31. The number of amides is 1. The molecule has 0 bridgehead atoms. The second-order valence-corrected chi connectivity index (χ2v) is 14.8. The van der Waals surface area contributed by atoms with Gasteiger partial charge in [-0.1, -0.05) is 12.1 Å². The molecule has 274 valence electrons. The van der Waals surface area contributed by atoms with Gasteiger partial charge in [0, 0.05) is 61.3 Å². The SMILES string of the molecule is COc1cccc2c1C(=O)c1c(O)c3c(c(O)c1C2=O)C[C@@](O)(C(C)=O)C[C@@H]3O[C@H]1C[C@H]2[C@H](OC3CN(C(=O)OCc4cncs4)CCN32)[C@H](C)O1. The largest absolute Gasteiger partial charge is 0.507 e. The highest BCUT2D eigenvalue weighted by molar-refractivity contribution is 7.09. The summed E-state index contributed by atoms with van der Waals surface area (Å²) in [7, 11) is 1.35. The van der Waals surface area contributed by atoms with Crippen molar-refractivity contribution in [3.8, 4) is 17.2 Å². The number of hydrogen-bond donors (Lipinski definition) is 3. The molecule has 2 aliphatic carbocycles. The van der Waals surface area contributed by atoms with Gasteiger partial charge in [0.05, 0.1) is 52.9 Å². The molecule has 3 N–H and O–H groups in total. The van der Waals surface area contributed by atoms with E-state index in [1.807, 2.05) is 6.92 Å². The minimum Gasteiger partial charge on any atom is -0.507 e. The summed E-state index contributed by atoms with van der Waals surface area (Å²) >= 11 is 1.40. The molecule has 3 fully saturated rings. The molecule has 1 aromatic heterocycles. The Hall–Kier alpha value is -4.45. The predicted octanol–water partition coefficient (Wildman–Crippen LogP) is 2.85. The van der Waals surface area contributed by atoms with Gasteiger partial charge in [-0.3, -0.25) is 24.3 Å². The van der Waals surface area contributed by atoms with Crippen molar-refractivity contribution >= 4 is 34.8 Å². The van der Waals surface area contributed by atoms with Crippen molar-refractivity contribution in [3.63, 3.8) is 0 Å². The van der Waals surface area contributed by atoms with Gasteiger partial charge in [0.15, 0.2) is 17.9 Å². The van der Waals surface area contributed by atoms with Crippen molar-refractivity contribution in [1.82, 2.24) is 14.8 Å². The number of thiazole rings is 1. The van der Waals surface area contributed by atoms with E-state index in [0.29, 0.717) is 19.5 Å². The molecular formula is C36H37N3O12S. The fourth-order valence-electron chi connectivity index (χ4n) is 8.27. The van der Waals surface area contributed by atoms with Crippen molar-refractivity contribution in [2.24, 2.45) is 0 Å². The predicted molar refractivity (Wildman–Crippen MR) is 179 cm³/mol. The Labute approximate surface area is 301 Å². The number of carbonyl (C=O) groups excluding carboxylic acids is 4. The maximum atomic E-state index is 14.0. The van der Waals surface area contributed by atoms with Gasteiger partial charge in [0.2, 0.25) is 5.78 Å². The highest BCUT2D eigenvalue weighted by atomic mass is 32.1. The van der Waals surface area contributed by atoms with Gasteiger partial charge >= 0.3 is 6.09 Å². The molecule has 1 amide bonds. The van der Waals surface area contributed by atoms with E-state index in [9.17, 15) is 34.5 Å². The first-order valence-electron chi connectivity index (χ1n) is 17.0. The second-order valence-electron chi connectivity index (χ2n) is 13.8. The first-order valence-corrected chi connectivity index (χ1v) is 17.9. The fourth-order valence-corrected chi connectivity index (χ4v) is 8.77. The Morgan fingerprint density at radius 3 is 2.62 bits per heavy atom. The van der Waals surface area contributed by atoms with E-state index >= 15 is 0 Å². The van der Waals surface area contributed by atoms with Crippen LogP contribution in [0, 0.1) is 0 Å². The number of phenolic OH excluding ortho intramolecular Hbond substituents is 2. The first-order chi connectivity index (χ1) is 24.9. The van der Waals surface area contributed by atoms with Crippen LogP contribution in [-0.4, -0.2) is 117 Å². The number of methoxy groups -OCH3 is 1. The van der Waals surface area contributed by atoms with Crippen LogP contribution < -0.4 is 4.74 Å². The quantitative estimate of drug-likeness (QED) is 0.245. The fraction of sp³-hybridized carbons (Fsp3) is 0.472. The third-order valence-electron chi connectivity index (χ3n) is 10.9. The number of aromatic hydroxyl groups is 2. The average Bonchev–Trinajstić information content (AvgIpc) is 3.78. The highest BCUT2D eigenvalue weighted by Crippen LogP contribution is 2.53. The molecule has 0 spiro atoms. The minimum absolute atomic E-state index is 0.00828. The van der Waals surface area contributed by atoms with Crippen LogP contribution in [0.2, 0.25) is 0 Å². The molecule has 8 rings (SSSR count). The molecule has 3 aromatic rings. The number of aromatic nitrogens is 1. The minimum atomic E-state index is -2.02. The van der Waals surface area contributed by atoms with E-state index in [1.165, 1.54) is 43.6 Å². The number of phenols is 2. The molecule has 3 saturated heterocycles. The molecule has 0 radical (unpaired) electrons. The lowest BCUT2D eigenvalue weighted by Crippen LogP contribution is -2.57. The number of nitrogens with zero attached hydrogens (tertiary/aromatic N) is 3. The van der Waals surface area contributed by atoms with Gasteiger partial charge in [-0.25, -0.2) is 4.79 Å². The van der Waals surface area contributed by atoms with Crippen LogP contribution in [0.1, 0.15) is 80.6 Å². The number of ketones is 3. The summed E-state index contributed by atoms with van der Waals surface area (Å²) in [5, 5.41) is 35.0. The average molecular weight is 736 g/mol. The van der Waals surface area contributed by atoms with Gasteiger partial charge in [0.25, 0.3) is 0 Å². The van der Waals surface area contributed by atoms with Crippen LogP contribution in [0.25, 0.3) is 0 Å². The zero-order chi connectivity index (χ0) is 36.6. The summed E-state index contributed by atoms with van der Waals surface area (Å²) in [6, 6.07) is 4.30. The Morgan fingerprint density at radius 1 is 1.10 bits per heavy atom. The zero-order valence-corrected chi connectivity index (χ0v) is 29.4. The van der Waals surface area contributed by atoms with Crippen molar-refractivity contribution in [2.45, 2.75) is 82.2 Å². The van der Waals surface area contributed by atoms with Crippen LogP contribution in [-0.2, 0) is 36.8 Å². The summed E-state index contributed by atoms with van der Waals surface area (Å²) in [6.45, 7) is 4.37. The smallest absolute Gasteiger partial charge is 0.410 e. The Bertz CT molecular complexity index is 1990. The number of ether oxygens (including phenoxy) is 5. The van der Waals surface area contributed by atoms with Gasteiger partial charge in [0.1, 0.15) is 41.8 Å². The van der Waals surface area contributed by atoms with Gasteiger partial charge in [-0.2, -0.15) is 0 Å². The molecule has 52 heavy (non-hydrogen) atoms. The highest BCUT2D eigenvalue weighted by Gasteiger charge is 2.54. The van der Waals surface area contributed by atoms with E-state index in [-0.39, 0.29) is 59.7 Å². The van der Waals surface area contributed by atoms with E-state index in [2.05, 4.69) is 9.88 Å². The normalized spacial score (nSPS) is 29.4. The number of benzene rings is 2. The van der Waals surface area contributed by atoms with Gasteiger partial charge < -0.3 is 43.9 Å². The van der Waals surface area contributed by atoms with Crippen LogP contribution >= 0.6 is 11.3 Å². The number of Topliss-reactive ketones (excluding diaryl/α,β-unsaturated/α-hetero) is 1. The number of piperazine rings is 1. The lowest BCUT2D eigenvalue weighted by Gasteiger charge is -2.43. The van der Waals surface area contributed by atoms with E-state index < -0.39 is 82.8 Å². The van der Waals surface area contributed by atoms with E-state index in [0.717, 1.165) is 4.88 Å². The lowest BCUT2D eigenvalue weighted by atomic mass is 9.72. The third-order valence-corrected chi connectivity index (χ3v) is 11.6. The summed E-state index contributed by atoms with van der Waals surface area (Å²) < 4.78 is 30.0. The number of aliphatic hydroxyl groups is 1. The molecule has 2 aromatic carbocycles. The number of hydrogen-bond acceptors (Lipinski definition) is 15. The molecule has 3 aliphatic heterocycles.